The van der Waals surface area contributed by atoms with E-state index in [0.29, 0.717) is 6.54 Å². The van der Waals surface area contributed by atoms with E-state index in [-0.39, 0.29) is 5.91 Å². The van der Waals surface area contributed by atoms with Gasteiger partial charge in [0.15, 0.2) is 0 Å². The maximum Gasteiger partial charge on any atom is 0.268 e. The Morgan fingerprint density at radius 2 is 1.73 bits per heavy atom. The molecule has 0 atom stereocenters. The number of fused-ring (bicyclic) bond motifs is 1. The van der Waals surface area contributed by atoms with Gasteiger partial charge in [0.25, 0.3) is 5.91 Å². The molecule has 3 rings (SSSR count). The first-order valence-electron chi connectivity index (χ1n) is 7.46. The molecule has 22 heavy (non-hydrogen) atoms. The highest BCUT2D eigenvalue weighted by atomic mass is 16.1. The van der Waals surface area contributed by atoms with E-state index >= 15 is 0 Å². The summed E-state index contributed by atoms with van der Waals surface area (Å²) in [5.41, 5.74) is 5.18. The number of nitrogens with one attached hydrogen (secondary N) is 1. The van der Waals surface area contributed by atoms with Gasteiger partial charge in [-0.3, -0.25) is 4.79 Å². The van der Waals surface area contributed by atoms with E-state index in [9.17, 15) is 4.79 Å². The number of hydrogen-bond donors (Lipinski definition) is 1. The van der Waals surface area contributed by atoms with Crippen molar-refractivity contribution in [2.24, 2.45) is 7.05 Å². The molecule has 3 nitrogen and oxygen atoms in total. The number of aromatic nitrogens is 1. The summed E-state index contributed by atoms with van der Waals surface area (Å²) in [5, 5.41) is 4.17. The zero-order valence-corrected chi connectivity index (χ0v) is 13.2. The number of rotatable bonds is 3. The summed E-state index contributed by atoms with van der Waals surface area (Å²) >= 11 is 0. The predicted octanol–water partition coefficient (Wildman–Crippen LogP) is 3.73. The van der Waals surface area contributed by atoms with E-state index in [1.165, 1.54) is 5.56 Å². The molecular weight excluding hydrogens is 272 g/mol. The van der Waals surface area contributed by atoms with Gasteiger partial charge in [0.1, 0.15) is 5.69 Å². The summed E-state index contributed by atoms with van der Waals surface area (Å²) in [5.74, 6) is -0.0283. The van der Waals surface area contributed by atoms with Gasteiger partial charge in [0.05, 0.1) is 0 Å². The van der Waals surface area contributed by atoms with E-state index in [1.54, 1.807) is 0 Å². The third kappa shape index (κ3) is 2.39. The molecule has 0 aliphatic rings. The molecule has 0 spiro atoms. The molecule has 2 aromatic carbocycles. The molecule has 0 radical (unpaired) electrons. The second-order valence-corrected chi connectivity index (χ2v) is 5.66. The molecule has 0 bridgehead atoms. The summed E-state index contributed by atoms with van der Waals surface area (Å²) in [4.78, 5) is 12.6. The first-order valence-corrected chi connectivity index (χ1v) is 7.46. The van der Waals surface area contributed by atoms with Crippen molar-refractivity contribution in [3.8, 4) is 0 Å². The van der Waals surface area contributed by atoms with Gasteiger partial charge < -0.3 is 9.88 Å². The van der Waals surface area contributed by atoms with Crippen LogP contribution in [0.5, 0.6) is 0 Å². The number of hydrogen-bond acceptors (Lipinski definition) is 1. The summed E-state index contributed by atoms with van der Waals surface area (Å²) in [7, 11) is 1.94. The molecule has 3 heteroatoms. The number of aryl methyl sites for hydroxylation is 3. The van der Waals surface area contributed by atoms with Crippen LogP contribution in [-0.2, 0) is 13.6 Å². The SMILES string of the molecule is Cc1ccccc1CNC(=O)c1c(C)c2ccccc2n1C. The van der Waals surface area contributed by atoms with Crippen molar-refractivity contribution in [2.75, 3.05) is 0 Å². The van der Waals surface area contributed by atoms with Crippen LogP contribution in [0.1, 0.15) is 27.2 Å². The molecule has 0 unspecified atom stereocenters. The molecule has 112 valence electrons. The predicted molar refractivity (Wildman–Crippen MR) is 90.0 cm³/mol. The van der Waals surface area contributed by atoms with Gasteiger partial charge in [-0.2, -0.15) is 0 Å². The minimum atomic E-state index is -0.0283. The van der Waals surface area contributed by atoms with Crippen LogP contribution in [0, 0.1) is 13.8 Å². The van der Waals surface area contributed by atoms with Crippen molar-refractivity contribution in [2.45, 2.75) is 20.4 Å². The molecule has 1 heterocycles. The third-order valence-corrected chi connectivity index (χ3v) is 4.28. The van der Waals surface area contributed by atoms with Crippen molar-refractivity contribution in [1.82, 2.24) is 9.88 Å². The van der Waals surface area contributed by atoms with Crippen molar-refractivity contribution in [1.29, 1.82) is 0 Å². The highest BCUT2D eigenvalue weighted by molar-refractivity contribution is 6.01. The lowest BCUT2D eigenvalue weighted by Crippen LogP contribution is -2.25. The van der Waals surface area contributed by atoms with E-state index < -0.39 is 0 Å². The molecule has 0 saturated carbocycles. The van der Waals surface area contributed by atoms with E-state index in [4.69, 9.17) is 0 Å². The molecule has 0 fully saturated rings. The Bertz CT molecular complexity index is 807. The van der Waals surface area contributed by atoms with Crippen molar-refractivity contribution in [3.63, 3.8) is 0 Å². The fourth-order valence-corrected chi connectivity index (χ4v) is 2.97. The van der Waals surface area contributed by atoms with E-state index in [1.807, 2.05) is 54.9 Å². The van der Waals surface area contributed by atoms with Crippen LogP contribution < -0.4 is 5.32 Å². The van der Waals surface area contributed by atoms with Crippen LogP contribution in [0.2, 0.25) is 0 Å². The standard InChI is InChI=1S/C19H20N2O/c1-13-8-4-5-9-15(13)12-20-19(22)18-14(2)16-10-6-7-11-17(16)21(18)3/h4-11H,12H2,1-3H3,(H,20,22). The van der Waals surface area contributed by atoms with Gasteiger partial charge in [-0.25, -0.2) is 0 Å². The summed E-state index contributed by atoms with van der Waals surface area (Å²) in [6.45, 7) is 4.61. The minimum absolute atomic E-state index is 0.0283. The second kappa shape index (κ2) is 5.68. The van der Waals surface area contributed by atoms with Gasteiger partial charge in [0.2, 0.25) is 0 Å². The number of para-hydroxylation sites is 1. The average Bonchev–Trinajstić information content (AvgIpc) is 2.78. The molecule has 3 aromatic rings. The monoisotopic (exact) mass is 292 g/mol. The molecule has 0 saturated heterocycles. The van der Waals surface area contributed by atoms with Gasteiger partial charge in [-0.1, -0.05) is 42.5 Å². The van der Waals surface area contributed by atoms with Crippen LogP contribution in [0.25, 0.3) is 10.9 Å². The van der Waals surface area contributed by atoms with Gasteiger partial charge >= 0.3 is 0 Å². The Morgan fingerprint density at radius 3 is 2.45 bits per heavy atom. The minimum Gasteiger partial charge on any atom is -0.347 e. The highest BCUT2D eigenvalue weighted by Crippen LogP contribution is 2.24. The van der Waals surface area contributed by atoms with Crippen LogP contribution in [0.3, 0.4) is 0 Å². The molecule has 1 aromatic heterocycles. The van der Waals surface area contributed by atoms with Crippen LogP contribution in [0.4, 0.5) is 0 Å². The lowest BCUT2D eigenvalue weighted by molar-refractivity contribution is 0.0942. The molecular formula is C19H20N2O. The topological polar surface area (TPSA) is 34.0 Å². The van der Waals surface area contributed by atoms with Crippen molar-refractivity contribution < 1.29 is 4.79 Å². The zero-order chi connectivity index (χ0) is 15.7. The first-order chi connectivity index (χ1) is 10.6. The Balaban J connectivity index is 1.88. The Morgan fingerprint density at radius 1 is 1.05 bits per heavy atom. The summed E-state index contributed by atoms with van der Waals surface area (Å²) in [6, 6.07) is 16.2. The Labute approximate surface area is 130 Å². The Hall–Kier alpha value is -2.55. The zero-order valence-electron chi connectivity index (χ0n) is 13.2. The fraction of sp³-hybridized carbons (Fsp3) is 0.211. The number of nitrogens with zero attached hydrogens (tertiary/aromatic N) is 1. The second-order valence-electron chi connectivity index (χ2n) is 5.66. The van der Waals surface area contributed by atoms with Crippen molar-refractivity contribution >= 4 is 16.8 Å². The van der Waals surface area contributed by atoms with Gasteiger partial charge in [0, 0.05) is 24.5 Å². The molecule has 0 aliphatic heterocycles. The lowest BCUT2D eigenvalue weighted by atomic mass is 10.1. The maximum absolute atomic E-state index is 12.6. The molecule has 1 N–H and O–H groups in total. The number of carbonyl (C=O) groups is 1. The van der Waals surface area contributed by atoms with Gasteiger partial charge in [-0.05, 0) is 36.6 Å². The largest absolute Gasteiger partial charge is 0.347 e. The summed E-state index contributed by atoms with van der Waals surface area (Å²) in [6.07, 6.45) is 0. The number of benzene rings is 2. The maximum atomic E-state index is 12.6. The van der Waals surface area contributed by atoms with Crippen LogP contribution >= 0.6 is 0 Å². The summed E-state index contributed by atoms with van der Waals surface area (Å²) < 4.78 is 1.97. The average molecular weight is 292 g/mol. The molecule has 1 amide bonds. The fourth-order valence-electron chi connectivity index (χ4n) is 2.97. The van der Waals surface area contributed by atoms with Crippen molar-refractivity contribution in [3.05, 3.63) is 70.9 Å². The van der Waals surface area contributed by atoms with Crippen LogP contribution in [0.15, 0.2) is 48.5 Å². The quantitative estimate of drug-likeness (QED) is 0.784. The number of carbonyl (C=O) groups excluding carboxylic acids is 1. The third-order valence-electron chi connectivity index (χ3n) is 4.28. The van der Waals surface area contributed by atoms with E-state index in [2.05, 4.69) is 24.4 Å². The Kier molecular flexibility index (Phi) is 3.72. The van der Waals surface area contributed by atoms with Gasteiger partial charge in [-0.15, -0.1) is 0 Å². The van der Waals surface area contributed by atoms with Crippen LogP contribution in [-0.4, -0.2) is 10.5 Å². The smallest absolute Gasteiger partial charge is 0.268 e. The lowest BCUT2D eigenvalue weighted by Gasteiger charge is -2.09. The normalized spacial score (nSPS) is 10.9. The van der Waals surface area contributed by atoms with E-state index in [0.717, 1.165) is 27.7 Å². The number of amides is 1. The molecule has 0 aliphatic carbocycles. The highest BCUT2D eigenvalue weighted by Gasteiger charge is 2.17. The first kappa shape index (κ1) is 14.4.